The highest BCUT2D eigenvalue weighted by Gasteiger charge is 2.16. The minimum Gasteiger partial charge on any atom is -0.465 e. The van der Waals surface area contributed by atoms with Gasteiger partial charge in [0.2, 0.25) is 0 Å². The number of benzene rings is 3. The van der Waals surface area contributed by atoms with E-state index in [9.17, 15) is 18.0 Å². The van der Waals surface area contributed by atoms with Gasteiger partial charge in [0.1, 0.15) is 6.54 Å². The van der Waals surface area contributed by atoms with Crippen LogP contribution in [-0.2, 0) is 26.1 Å². The molecule has 0 aliphatic heterocycles. The number of carbonyl (C=O) groups is 2. The van der Waals surface area contributed by atoms with Gasteiger partial charge in [-0.1, -0.05) is 41.7 Å². The number of nitrogens with one attached hydrogen (secondary N) is 1. The van der Waals surface area contributed by atoms with Gasteiger partial charge in [0.25, 0.3) is 15.9 Å². The zero-order valence-electron chi connectivity index (χ0n) is 19.1. The minimum absolute atomic E-state index is 0.0834. The molecule has 1 N–H and O–H groups in total. The van der Waals surface area contributed by atoms with E-state index in [4.69, 9.17) is 4.74 Å². The third-order valence-corrected chi connectivity index (χ3v) is 7.48. The lowest BCUT2D eigenvalue weighted by Gasteiger charge is -2.08. The molecule has 0 unspecified atom stereocenters. The van der Waals surface area contributed by atoms with Crippen LogP contribution in [0.25, 0.3) is 10.2 Å². The van der Waals surface area contributed by atoms with E-state index >= 15 is 0 Å². The summed E-state index contributed by atoms with van der Waals surface area (Å²) in [5.41, 5.74) is 2.25. The Bertz CT molecular complexity index is 1570. The Labute approximate surface area is 206 Å². The molecular formula is C25H23N3O5S2. The number of anilines is 1. The van der Waals surface area contributed by atoms with Gasteiger partial charge in [-0.05, 0) is 61.9 Å². The van der Waals surface area contributed by atoms with Gasteiger partial charge < -0.3 is 9.30 Å². The number of hydrogen-bond donors (Lipinski definition) is 1. The van der Waals surface area contributed by atoms with Crippen LogP contribution in [0.2, 0.25) is 0 Å². The van der Waals surface area contributed by atoms with Crippen LogP contribution < -0.4 is 9.52 Å². The fourth-order valence-electron chi connectivity index (χ4n) is 3.44. The second-order valence-electron chi connectivity index (χ2n) is 7.66. The summed E-state index contributed by atoms with van der Waals surface area (Å²) < 4.78 is 35.4. The van der Waals surface area contributed by atoms with Crippen molar-refractivity contribution in [3.63, 3.8) is 0 Å². The second kappa shape index (κ2) is 10.2. The van der Waals surface area contributed by atoms with Crippen LogP contribution in [-0.4, -0.2) is 31.5 Å². The molecule has 0 spiro atoms. The number of aryl methyl sites for hydroxylation is 1. The van der Waals surface area contributed by atoms with Gasteiger partial charge in [0.15, 0.2) is 4.80 Å². The number of thiazole rings is 1. The Hall–Kier alpha value is -3.76. The molecule has 3 aromatic carbocycles. The molecule has 0 radical (unpaired) electrons. The summed E-state index contributed by atoms with van der Waals surface area (Å²) in [4.78, 5) is 30.0. The van der Waals surface area contributed by atoms with E-state index in [2.05, 4.69) is 9.71 Å². The van der Waals surface area contributed by atoms with Gasteiger partial charge >= 0.3 is 5.97 Å². The highest BCUT2D eigenvalue weighted by atomic mass is 32.2. The van der Waals surface area contributed by atoms with E-state index in [1.54, 1.807) is 47.9 Å². The second-order valence-corrected chi connectivity index (χ2v) is 10.4. The van der Waals surface area contributed by atoms with Gasteiger partial charge in [0, 0.05) is 11.3 Å². The Kier molecular flexibility index (Phi) is 7.13. The number of sulfonamides is 1. The van der Waals surface area contributed by atoms with Crippen molar-refractivity contribution in [3.8, 4) is 0 Å². The van der Waals surface area contributed by atoms with Crippen LogP contribution in [0.1, 0.15) is 22.8 Å². The van der Waals surface area contributed by atoms with Gasteiger partial charge in [-0.2, -0.15) is 4.99 Å². The lowest BCUT2D eigenvalue weighted by molar-refractivity contribution is -0.143. The van der Waals surface area contributed by atoms with Crippen molar-refractivity contribution >= 4 is 49.1 Å². The Morgan fingerprint density at radius 2 is 1.80 bits per heavy atom. The standard InChI is InChI=1S/C25H23N3O5S2/c1-3-33-23(29)16-28-21-13-12-17(2)14-22(21)34-25(28)26-24(30)18-8-7-9-19(15-18)27-35(31,32)20-10-5-4-6-11-20/h4-15,27H,3,16H2,1-2H3. The summed E-state index contributed by atoms with van der Waals surface area (Å²) >= 11 is 1.29. The van der Waals surface area contributed by atoms with Crippen molar-refractivity contribution in [3.05, 3.63) is 88.7 Å². The molecule has 1 aromatic heterocycles. The number of ether oxygens (including phenoxy) is 1. The highest BCUT2D eigenvalue weighted by molar-refractivity contribution is 7.92. The first-order chi connectivity index (χ1) is 16.8. The zero-order chi connectivity index (χ0) is 25.0. The van der Waals surface area contributed by atoms with Crippen molar-refractivity contribution in [2.45, 2.75) is 25.3 Å². The number of nitrogens with zero attached hydrogens (tertiary/aromatic N) is 2. The van der Waals surface area contributed by atoms with Crippen molar-refractivity contribution < 1.29 is 22.7 Å². The normalized spacial score (nSPS) is 12.0. The number of esters is 1. The van der Waals surface area contributed by atoms with Crippen molar-refractivity contribution in [1.82, 2.24) is 4.57 Å². The monoisotopic (exact) mass is 509 g/mol. The summed E-state index contributed by atoms with van der Waals surface area (Å²) in [5.74, 6) is -0.995. The van der Waals surface area contributed by atoms with Crippen molar-refractivity contribution in [2.75, 3.05) is 11.3 Å². The van der Waals surface area contributed by atoms with Crippen molar-refractivity contribution in [1.29, 1.82) is 0 Å². The number of carbonyl (C=O) groups excluding carboxylic acids is 2. The molecule has 8 nitrogen and oxygen atoms in total. The van der Waals surface area contributed by atoms with Gasteiger partial charge in [-0.15, -0.1) is 0 Å². The van der Waals surface area contributed by atoms with Crippen molar-refractivity contribution in [2.24, 2.45) is 4.99 Å². The smallest absolute Gasteiger partial charge is 0.326 e. The van der Waals surface area contributed by atoms with Crippen LogP contribution in [0.5, 0.6) is 0 Å². The van der Waals surface area contributed by atoms with E-state index in [-0.39, 0.29) is 29.3 Å². The lowest BCUT2D eigenvalue weighted by Crippen LogP contribution is -2.23. The van der Waals surface area contributed by atoms with Gasteiger partial charge in [0.05, 0.1) is 21.7 Å². The maximum Gasteiger partial charge on any atom is 0.326 e. The van der Waals surface area contributed by atoms with E-state index < -0.39 is 21.9 Å². The molecule has 0 saturated carbocycles. The minimum atomic E-state index is -3.81. The molecular weight excluding hydrogens is 486 g/mol. The first-order valence-electron chi connectivity index (χ1n) is 10.8. The first kappa shape index (κ1) is 24.4. The average molecular weight is 510 g/mol. The SMILES string of the molecule is CCOC(=O)Cn1c(=NC(=O)c2cccc(NS(=O)(=O)c3ccccc3)c2)sc2cc(C)ccc21. The largest absolute Gasteiger partial charge is 0.465 e. The number of hydrogen-bond acceptors (Lipinski definition) is 6. The molecule has 1 heterocycles. The number of fused-ring (bicyclic) bond motifs is 1. The molecule has 4 rings (SSSR count). The molecule has 35 heavy (non-hydrogen) atoms. The Balaban J connectivity index is 1.69. The molecule has 0 aliphatic rings. The summed E-state index contributed by atoms with van der Waals surface area (Å²) in [6.07, 6.45) is 0. The summed E-state index contributed by atoms with van der Waals surface area (Å²) in [5, 5.41) is 0. The fourth-order valence-corrected chi connectivity index (χ4v) is 5.63. The quantitative estimate of drug-likeness (QED) is 0.377. The topological polar surface area (TPSA) is 107 Å². The van der Waals surface area contributed by atoms with E-state index in [1.807, 2.05) is 25.1 Å². The Morgan fingerprint density at radius 1 is 1.03 bits per heavy atom. The highest BCUT2D eigenvalue weighted by Crippen LogP contribution is 2.20. The van der Waals surface area contributed by atoms with E-state index in [0.29, 0.717) is 4.80 Å². The number of amides is 1. The molecule has 4 aromatic rings. The number of rotatable bonds is 7. The maximum atomic E-state index is 13.0. The van der Waals surface area contributed by atoms with E-state index in [0.717, 1.165) is 15.8 Å². The molecule has 0 aliphatic carbocycles. The van der Waals surface area contributed by atoms with Gasteiger partial charge in [-0.25, -0.2) is 8.42 Å². The third-order valence-electron chi connectivity index (χ3n) is 5.04. The van der Waals surface area contributed by atoms with Crippen LogP contribution >= 0.6 is 11.3 Å². The summed E-state index contributed by atoms with van der Waals surface area (Å²) in [6.45, 7) is 3.85. The zero-order valence-corrected chi connectivity index (χ0v) is 20.7. The summed E-state index contributed by atoms with van der Waals surface area (Å²) in [6, 6.07) is 19.8. The van der Waals surface area contributed by atoms with Crippen LogP contribution in [0, 0.1) is 6.92 Å². The molecule has 180 valence electrons. The third kappa shape index (κ3) is 5.67. The molecule has 0 atom stereocenters. The lowest BCUT2D eigenvalue weighted by atomic mass is 10.2. The molecule has 0 saturated heterocycles. The predicted molar refractivity (Wildman–Crippen MR) is 135 cm³/mol. The first-order valence-corrected chi connectivity index (χ1v) is 13.1. The predicted octanol–water partition coefficient (Wildman–Crippen LogP) is 4.12. The van der Waals surface area contributed by atoms with Crippen LogP contribution in [0.3, 0.4) is 0 Å². The van der Waals surface area contributed by atoms with Crippen LogP contribution in [0.15, 0.2) is 82.7 Å². The van der Waals surface area contributed by atoms with E-state index in [1.165, 1.54) is 29.5 Å². The molecule has 10 heteroatoms. The molecule has 1 amide bonds. The van der Waals surface area contributed by atoms with Gasteiger partial charge in [-0.3, -0.25) is 14.3 Å². The average Bonchev–Trinajstić information content (AvgIpc) is 3.15. The molecule has 0 fully saturated rings. The molecule has 0 bridgehead atoms. The maximum absolute atomic E-state index is 13.0. The van der Waals surface area contributed by atoms with Crippen LogP contribution in [0.4, 0.5) is 5.69 Å². The fraction of sp³-hybridized carbons (Fsp3) is 0.160. The summed E-state index contributed by atoms with van der Waals surface area (Å²) in [7, 11) is -3.81. The Morgan fingerprint density at radius 3 is 2.54 bits per heavy atom. The number of aromatic nitrogens is 1.